The molecular formula is C34H38O6S2. The van der Waals surface area contributed by atoms with E-state index >= 15 is 0 Å². The summed E-state index contributed by atoms with van der Waals surface area (Å²) in [5.74, 6) is 0. The Bertz CT molecular complexity index is 1530. The van der Waals surface area contributed by atoms with Gasteiger partial charge in [0.1, 0.15) is 0 Å². The predicted molar refractivity (Wildman–Crippen MR) is 166 cm³/mol. The maximum absolute atomic E-state index is 12.9. The molecule has 0 heterocycles. The molecule has 6 nitrogen and oxygen atoms in total. The number of hydrogen-bond acceptors (Lipinski definition) is 6. The van der Waals surface area contributed by atoms with E-state index in [-0.39, 0.29) is 33.8 Å². The summed E-state index contributed by atoms with van der Waals surface area (Å²) in [4.78, 5) is 0.125. The van der Waals surface area contributed by atoms with Crippen molar-refractivity contribution in [2.24, 2.45) is 10.8 Å². The highest BCUT2D eigenvalue weighted by Crippen LogP contribution is 2.28. The maximum atomic E-state index is 12.9. The van der Waals surface area contributed by atoms with Crippen LogP contribution >= 0.6 is 0 Å². The van der Waals surface area contributed by atoms with Crippen LogP contribution in [0.1, 0.15) is 38.8 Å². The van der Waals surface area contributed by atoms with Crippen LogP contribution in [0.2, 0.25) is 0 Å². The Balaban J connectivity index is 1.36. The van der Waals surface area contributed by atoms with E-state index in [1.165, 1.54) is 24.3 Å². The molecule has 0 aromatic heterocycles. The number of benzene rings is 4. The molecule has 0 unspecified atom stereocenters. The van der Waals surface area contributed by atoms with Crippen molar-refractivity contribution in [1.82, 2.24) is 0 Å². The van der Waals surface area contributed by atoms with E-state index in [1.54, 1.807) is 24.3 Å². The predicted octanol–water partition coefficient (Wildman–Crippen LogP) is 7.30. The fourth-order valence-corrected chi connectivity index (χ4v) is 6.80. The summed E-state index contributed by atoms with van der Waals surface area (Å²) in [5, 5.41) is 0. The molecule has 0 aliphatic rings. The third-order valence-corrected chi connectivity index (χ3v) is 9.44. The molecule has 8 heteroatoms. The Hall–Kier alpha value is -3.30. The van der Waals surface area contributed by atoms with Crippen LogP contribution in [0.5, 0.6) is 0 Å². The van der Waals surface area contributed by atoms with Crippen LogP contribution in [-0.2, 0) is 41.4 Å². The van der Waals surface area contributed by atoms with Crippen molar-refractivity contribution in [3.05, 3.63) is 120 Å². The number of hydrogen-bond donors (Lipinski definition) is 0. The summed E-state index contributed by atoms with van der Waals surface area (Å²) in [6, 6.07) is 32.5. The van der Waals surface area contributed by atoms with Gasteiger partial charge in [-0.05, 0) is 70.2 Å². The largest absolute Gasteiger partial charge is 0.296 e. The van der Waals surface area contributed by atoms with Gasteiger partial charge in [0.05, 0.1) is 23.0 Å². The van der Waals surface area contributed by atoms with Crippen LogP contribution in [0.4, 0.5) is 0 Å². The zero-order chi connectivity index (χ0) is 30.4. The van der Waals surface area contributed by atoms with E-state index in [9.17, 15) is 16.8 Å². The van der Waals surface area contributed by atoms with E-state index in [0.717, 1.165) is 22.3 Å². The summed E-state index contributed by atoms with van der Waals surface area (Å²) in [5.41, 5.74) is 2.96. The third kappa shape index (κ3) is 8.85. The van der Waals surface area contributed by atoms with Gasteiger partial charge >= 0.3 is 0 Å². The lowest BCUT2D eigenvalue weighted by Gasteiger charge is -2.24. The molecule has 0 saturated heterocycles. The first-order chi connectivity index (χ1) is 19.7. The molecule has 4 aromatic carbocycles. The smallest absolute Gasteiger partial charge is 0.266 e. The van der Waals surface area contributed by atoms with E-state index in [0.29, 0.717) is 12.8 Å². The van der Waals surface area contributed by atoms with Gasteiger partial charge in [0.2, 0.25) is 0 Å². The van der Waals surface area contributed by atoms with Crippen LogP contribution in [0.25, 0.3) is 11.1 Å². The standard InChI is InChI=1S/C34H38O6S2/c1-33(2,23-27-11-7-5-8-12-27)25-39-41(35,36)31-19-15-29(16-20-31)30-17-21-32(22-18-30)42(37,38)40-26-34(3,4)24-28-13-9-6-10-14-28/h5-22H,23-26H2,1-4H3. The molecule has 0 saturated carbocycles. The minimum Gasteiger partial charge on any atom is -0.266 e. The average Bonchev–Trinajstić information content (AvgIpc) is 2.96. The second kappa shape index (κ2) is 12.9. The lowest BCUT2D eigenvalue weighted by atomic mass is 9.87. The fraction of sp³-hybridized carbons (Fsp3) is 0.294. The Morgan fingerprint density at radius 3 is 1.10 bits per heavy atom. The molecule has 42 heavy (non-hydrogen) atoms. The molecule has 0 amide bonds. The molecule has 0 N–H and O–H groups in total. The normalized spacial score (nSPS) is 12.8. The Morgan fingerprint density at radius 1 is 0.476 bits per heavy atom. The quantitative estimate of drug-likeness (QED) is 0.148. The van der Waals surface area contributed by atoms with Crippen LogP contribution in [0.15, 0.2) is 119 Å². The monoisotopic (exact) mass is 606 g/mol. The van der Waals surface area contributed by atoms with E-state index < -0.39 is 20.2 Å². The molecule has 0 aliphatic carbocycles. The van der Waals surface area contributed by atoms with E-state index in [2.05, 4.69) is 0 Å². The van der Waals surface area contributed by atoms with Crippen LogP contribution in [-0.4, -0.2) is 30.0 Å². The summed E-state index contributed by atoms with van der Waals surface area (Å²) in [6.07, 6.45) is 1.37. The molecule has 0 fully saturated rings. The van der Waals surface area contributed by atoms with Gasteiger partial charge < -0.3 is 0 Å². The highest BCUT2D eigenvalue weighted by Gasteiger charge is 2.26. The van der Waals surface area contributed by atoms with Gasteiger partial charge in [-0.3, -0.25) is 8.37 Å². The van der Waals surface area contributed by atoms with Crippen molar-refractivity contribution in [3.8, 4) is 11.1 Å². The second-order valence-corrected chi connectivity index (χ2v) is 15.4. The van der Waals surface area contributed by atoms with Crippen molar-refractivity contribution >= 4 is 20.2 Å². The molecule has 0 atom stereocenters. The topological polar surface area (TPSA) is 86.7 Å². The zero-order valence-electron chi connectivity index (χ0n) is 24.5. The van der Waals surface area contributed by atoms with Gasteiger partial charge in [-0.1, -0.05) is 113 Å². The fourth-order valence-electron chi connectivity index (χ4n) is 4.64. The zero-order valence-corrected chi connectivity index (χ0v) is 26.1. The van der Waals surface area contributed by atoms with Crippen LogP contribution < -0.4 is 0 Å². The van der Waals surface area contributed by atoms with Gasteiger partial charge in [-0.15, -0.1) is 0 Å². The van der Waals surface area contributed by atoms with E-state index in [1.807, 2.05) is 88.4 Å². The van der Waals surface area contributed by atoms with Crippen LogP contribution in [0, 0.1) is 10.8 Å². The SMILES string of the molecule is CC(C)(COS(=O)(=O)c1ccc(-c2ccc(S(=O)(=O)OCC(C)(C)Cc3ccccc3)cc2)cc1)Cc1ccccc1. The average molecular weight is 607 g/mol. The molecule has 0 radical (unpaired) electrons. The van der Waals surface area contributed by atoms with Crippen molar-refractivity contribution in [1.29, 1.82) is 0 Å². The summed E-state index contributed by atoms with van der Waals surface area (Å²) in [6.45, 7) is 7.98. The maximum Gasteiger partial charge on any atom is 0.296 e. The van der Waals surface area contributed by atoms with Crippen molar-refractivity contribution in [2.75, 3.05) is 13.2 Å². The molecule has 0 bridgehead atoms. The Morgan fingerprint density at radius 2 is 0.786 bits per heavy atom. The van der Waals surface area contributed by atoms with Crippen LogP contribution in [0.3, 0.4) is 0 Å². The first kappa shape index (κ1) is 31.6. The first-order valence-electron chi connectivity index (χ1n) is 13.8. The lowest BCUT2D eigenvalue weighted by molar-refractivity contribution is 0.185. The first-order valence-corrected chi connectivity index (χ1v) is 16.6. The van der Waals surface area contributed by atoms with Crippen molar-refractivity contribution in [2.45, 2.75) is 50.3 Å². The van der Waals surface area contributed by atoms with Crippen molar-refractivity contribution in [3.63, 3.8) is 0 Å². The molecular weight excluding hydrogens is 569 g/mol. The molecule has 0 spiro atoms. The third-order valence-electron chi connectivity index (χ3n) is 6.88. The minimum atomic E-state index is -3.95. The molecule has 0 aliphatic heterocycles. The van der Waals surface area contributed by atoms with Gasteiger partial charge in [0, 0.05) is 0 Å². The number of rotatable bonds is 13. The van der Waals surface area contributed by atoms with Crippen molar-refractivity contribution < 1.29 is 25.2 Å². The van der Waals surface area contributed by atoms with E-state index in [4.69, 9.17) is 8.37 Å². The minimum absolute atomic E-state index is 0.0490. The Labute approximate surface area is 250 Å². The Kier molecular flexibility index (Phi) is 9.73. The van der Waals surface area contributed by atoms with Gasteiger partial charge in [0.15, 0.2) is 0 Å². The second-order valence-electron chi connectivity index (χ2n) is 12.1. The summed E-state index contributed by atoms with van der Waals surface area (Å²) in [7, 11) is -7.89. The van der Waals surface area contributed by atoms with Gasteiger partial charge in [0.25, 0.3) is 20.2 Å². The molecule has 4 aromatic rings. The summed E-state index contributed by atoms with van der Waals surface area (Å²) >= 11 is 0. The molecule has 4 rings (SSSR count). The lowest BCUT2D eigenvalue weighted by Crippen LogP contribution is -2.24. The van der Waals surface area contributed by atoms with Gasteiger partial charge in [-0.2, -0.15) is 16.8 Å². The summed E-state index contributed by atoms with van der Waals surface area (Å²) < 4.78 is 62.3. The highest BCUT2D eigenvalue weighted by atomic mass is 32.2. The molecule has 222 valence electrons. The highest BCUT2D eigenvalue weighted by molar-refractivity contribution is 7.87. The van der Waals surface area contributed by atoms with Gasteiger partial charge in [-0.25, -0.2) is 0 Å².